The topological polar surface area (TPSA) is 162 Å². The number of aromatic nitrogens is 2. The number of fused-ring (bicyclic) bond motifs is 1. The van der Waals surface area contributed by atoms with Crippen molar-refractivity contribution in [1.82, 2.24) is 15.3 Å². The van der Waals surface area contributed by atoms with Crippen LogP contribution in [0.2, 0.25) is 0 Å². The molecule has 0 bridgehead atoms. The number of carboxylic acids is 1. The molecule has 0 radical (unpaired) electrons. The monoisotopic (exact) mass is 707 g/mol. The van der Waals surface area contributed by atoms with Crippen molar-refractivity contribution < 1.29 is 36.3 Å². The van der Waals surface area contributed by atoms with Crippen LogP contribution in [0.5, 0.6) is 0 Å². The summed E-state index contributed by atoms with van der Waals surface area (Å²) in [6.07, 6.45) is 2.50. The molecule has 51 heavy (non-hydrogen) atoms. The zero-order chi connectivity index (χ0) is 36.3. The number of hydrogen-bond acceptors (Lipinski definition) is 7. The van der Waals surface area contributed by atoms with Crippen LogP contribution >= 0.6 is 0 Å². The lowest BCUT2D eigenvalue weighted by molar-refractivity contribution is -0.139. The maximum atomic E-state index is 15.2. The van der Waals surface area contributed by atoms with Gasteiger partial charge in [-0.3, -0.25) is 14.5 Å². The van der Waals surface area contributed by atoms with E-state index in [2.05, 4.69) is 26.1 Å². The van der Waals surface area contributed by atoms with Crippen molar-refractivity contribution in [3.63, 3.8) is 0 Å². The molecule has 4 aromatic carbocycles. The summed E-state index contributed by atoms with van der Waals surface area (Å²) in [5.41, 5.74) is 1.87. The molecule has 0 saturated heterocycles. The Bertz CT molecular complexity index is 2470. The number of amides is 1. The van der Waals surface area contributed by atoms with Crippen molar-refractivity contribution in [1.29, 1.82) is 5.26 Å². The first-order chi connectivity index (χ1) is 24.4. The Kier molecular flexibility index (Phi) is 9.48. The van der Waals surface area contributed by atoms with E-state index in [1.807, 2.05) is 0 Å². The van der Waals surface area contributed by atoms with Gasteiger partial charge < -0.3 is 10.4 Å². The van der Waals surface area contributed by atoms with E-state index in [1.165, 1.54) is 42.6 Å². The van der Waals surface area contributed by atoms with Crippen molar-refractivity contribution in [3.05, 3.63) is 144 Å². The Labute approximate surface area is 288 Å². The molecule has 0 aliphatic rings. The molecular weight excluding hydrogens is 683 g/mol. The molecule has 0 aliphatic carbocycles. The second kappa shape index (κ2) is 14.1. The van der Waals surface area contributed by atoms with Gasteiger partial charge in [-0.2, -0.15) is 9.65 Å². The lowest BCUT2D eigenvalue weighted by atomic mass is 9.93. The molecular formula is C37H24F3N5O5S. The number of nitrogens with one attached hydrogen (secondary N) is 2. The minimum Gasteiger partial charge on any atom is -0.480 e. The molecule has 2 heterocycles. The van der Waals surface area contributed by atoms with Crippen LogP contribution in [0.1, 0.15) is 21.5 Å². The van der Waals surface area contributed by atoms with E-state index in [1.54, 1.807) is 54.7 Å². The number of rotatable bonds is 10. The van der Waals surface area contributed by atoms with Crippen molar-refractivity contribution in [2.24, 2.45) is 0 Å². The van der Waals surface area contributed by atoms with E-state index in [4.69, 9.17) is 0 Å². The van der Waals surface area contributed by atoms with Crippen molar-refractivity contribution in [2.45, 2.75) is 17.4 Å². The Balaban J connectivity index is 1.21. The van der Waals surface area contributed by atoms with Gasteiger partial charge in [-0.15, -0.1) is 0 Å². The largest absolute Gasteiger partial charge is 0.480 e. The standard InChI is InChI=1S/C37H24F3N5O5S/c38-30-18-25(45-51(49,50)26-10-7-21(8-11-26)22-13-15-42-33(40)17-22)19-31(39)34(30)36(46)44-32(37(47)48)16-23-9-12-29(35-28(23)6-3-14-43-35)27-5-2-1-4-24(27)20-41/h1-15,17-19,32,45H,16H2,(H,44,46)(H,47,48). The van der Waals surface area contributed by atoms with Gasteiger partial charge >= 0.3 is 5.97 Å². The third kappa shape index (κ3) is 7.24. The second-order valence-electron chi connectivity index (χ2n) is 11.2. The molecule has 0 saturated carbocycles. The minimum atomic E-state index is -4.36. The number of carbonyl (C=O) groups excluding carboxylic acids is 1. The fourth-order valence-corrected chi connectivity index (χ4v) is 6.60. The fourth-order valence-electron chi connectivity index (χ4n) is 5.56. The van der Waals surface area contributed by atoms with Gasteiger partial charge in [0.05, 0.1) is 27.7 Å². The fraction of sp³-hybridized carbons (Fsp3) is 0.0541. The highest BCUT2D eigenvalue weighted by atomic mass is 32.2. The molecule has 1 amide bonds. The van der Waals surface area contributed by atoms with Gasteiger partial charge in [-0.25, -0.2) is 27.0 Å². The van der Waals surface area contributed by atoms with Crippen molar-refractivity contribution in [3.8, 4) is 28.3 Å². The number of aliphatic carboxylic acids is 1. The highest BCUT2D eigenvalue weighted by Crippen LogP contribution is 2.32. The number of benzene rings is 4. The Morgan fingerprint density at radius 3 is 2.24 bits per heavy atom. The molecule has 0 aliphatic heterocycles. The van der Waals surface area contributed by atoms with Crippen molar-refractivity contribution in [2.75, 3.05) is 4.72 Å². The van der Waals surface area contributed by atoms with E-state index >= 15 is 8.78 Å². The van der Waals surface area contributed by atoms with E-state index in [-0.39, 0.29) is 11.3 Å². The lowest BCUT2D eigenvalue weighted by Gasteiger charge is -2.18. The van der Waals surface area contributed by atoms with E-state index in [0.29, 0.717) is 56.4 Å². The molecule has 1 unspecified atom stereocenters. The molecule has 0 fully saturated rings. The third-order valence-corrected chi connectivity index (χ3v) is 9.37. The van der Waals surface area contributed by atoms with Gasteiger partial charge in [0.15, 0.2) is 0 Å². The second-order valence-corrected chi connectivity index (χ2v) is 12.9. The van der Waals surface area contributed by atoms with Gasteiger partial charge in [0.25, 0.3) is 15.9 Å². The maximum Gasteiger partial charge on any atom is 0.326 e. The number of halogens is 3. The molecule has 10 nitrogen and oxygen atoms in total. The highest BCUT2D eigenvalue weighted by Gasteiger charge is 2.27. The molecule has 2 aromatic heterocycles. The summed E-state index contributed by atoms with van der Waals surface area (Å²) in [7, 11) is -4.36. The summed E-state index contributed by atoms with van der Waals surface area (Å²) in [4.78, 5) is 33.0. The van der Waals surface area contributed by atoms with Crippen LogP contribution in [0.3, 0.4) is 0 Å². The predicted octanol–water partition coefficient (Wildman–Crippen LogP) is 6.48. The summed E-state index contributed by atoms with van der Waals surface area (Å²) in [5.74, 6) is -6.47. The number of hydrogen-bond donors (Lipinski definition) is 3. The molecule has 254 valence electrons. The van der Waals surface area contributed by atoms with Gasteiger partial charge in [0.1, 0.15) is 23.2 Å². The molecule has 1 atom stereocenters. The first-order valence-electron chi connectivity index (χ1n) is 15.1. The average molecular weight is 708 g/mol. The zero-order valence-corrected chi connectivity index (χ0v) is 27.0. The van der Waals surface area contributed by atoms with Gasteiger partial charge in [0, 0.05) is 41.4 Å². The van der Waals surface area contributed by atoms with Crippen LogP contribution < -0.4 is 10.0 Å². The first-order valence-corrected chi connectivity index (χ1v) is 16.6. The number of nitriles is 1. The smallest absolute Gasteiger partial charge is 0.326 e. The van der Waals surface area contributed by atoms with Crippen molar-refractivity contribution >= 4 is 38.5 Å². The number of carbonyl (C=O) groups is 2. The van der Waals surface area contributed by atoms with Crippen LogP contribution in [0.15, 0.2) is 114 Å². The molecule has 3 N–H and O–H groups in total. The van der Waals surface area contributed by atoms with Crippen LogP contribution in [0.25, 0.3) is 33.2 Å². The predicted molar refractivity (Wildman–Crippen MR) is 181 cm³/mol. The molecule has 6 rings (SSSR count). The lowest BCUT2D eigenvalue weighted by Crippen LogP contribution is -2.43. The molecule has 0 spiro atoms. The minimum absolute atomic E-state index is 0.266. The van der Waals surface area contributed by atoms with Gasteiger partial charge in [-0.05, 0) is 59.2 Å². The van der Waals surface area contributed by atoms with Crippen LogP contribution in [-0.2, 0) is 21.2 Å². The summed E-state index contributed by atoms with van der Waals surface area (Å²) < 4.78 is 71.9. The highest BCUT2D eigenvalue weighted by molar-refractivity contribution is 7.92. The van der Waals surface area contributed by atoms with Crippen LogP contribution in [0.4, 0.5) is 18.9 Å². The summed E-state index contributed by atoms with van der Waals surface area (Å²) in [6.45, 7) is 0. The quantitative estimate of drug-likeness (QED) is 0.136. The molecule has 14 heteroatoms. The Morgan fingerprint density at radius 1 is 0.824 bits per heavy atom. The molecule has 6 aromatic rings. The van der Waals surface area contributed by atoms with E-state index < -0.39 is 56.8 Å². The average Bonchev–Trinajstić information content (AvgIpc) is 3.11. The summed E-state index contributed by atoms with van der Waals surface area (Å²) >= 11 is 0. The van der Waals surface area contributed by atoms with E-state index in [0.717, 1.165) is 0 Å². The van der Waals surface area contributed by atoms with Crippen LogP contribution in [-0.4, -0.2) is 41.4 Å². The number of pyridine rings is 2. The number of sulfonamides is 1. The number of carboxylic acid groups (broad SMARTS) is 1. The first kappa shape index (κ1) is 34.3. The summed E-state index contributed by atoms with van der Waals surface area (Å²) in [5, 5.41) is 22.3. The zero-order valence-electron chi connectivity index (χ0n) is 26.1. The van der Waals surface area contributed by atoms with Crippen LogP contribution in [0, 0.1) is 28.9 Å². The summed E-state index contributed by atoms with van der Waals surface area (Å²) in [6, 6.07) is 23.2. The maximum absolute atomic E-state index is 15.2. The third-order valence-electron chi connectivity index (χ3n) is 7.97. The Morgan fingerprint density at radius 2 is 1.55 bits per heavy atom. The van der Waals surface area contributed by atoms with Gasteiger partial charge in [-0.1, -0.05) is 48.5 Å². The normalized spacial score (nSPS) is 11.8. The van der Waals surface area contributed by atoms with Gasteiger partial charge in [0.2, 0.25) is 5.95 Å². The number of anilines is 1. The SMILES string of the molecule is N#Cc1ccccc1-c1ccc(CC(NC(=O)c2c(F)cc(NS(=O)(=O)c3ccc(-c4ccnc(F)c4)cc3)cc2F)C(=O)O)c2cccnc12. The Hall–Kier alpha value is -6.59. The number of nitrogens with zero attached hydrogens (tertiary/aromatic N) is 3. The van der Waals surface area contributed by atoms with E-state index in [9.17, 15) is 32.8 Å².